The van der Waals surface area contributed by atoms with E-state index in [9.17, 15) is 0 Å². The van der Waals surface area contributed by atoms with Crippen molar-refractivity contribution in [3.63, 3.8) is 0 Å². The van der Waals surface area contributed by atoms with Crippen LogP contribution in [0.4, 0.5) is 0 Å². The van der Waals surface area contributed by atoms with E-state index < -0.39 is 0 Å². The third kappa shape index (κ3) is 4.54. The number of nitrogens with zero attached hydrogens (tertiary/aromatic N) is 3. The Morgan fingerprint density at radius 2 is 0.812 bits per heavy atom. The SMILES string of the molecule is Brc1cc(Br)cc(-c2cccc(-c3nc(-c4ccccc4)nc(-c4ccccc4)n3)c2)c1. The van der Waals surface area contributed by atoms with Crippen LogP contribution in [0.5, 0.6) is 0 Å². The molecule has 0 saturated heterocycles. The Labute approximate surface area is 203 Å². The van der Waals surface area contributed by atoms with Crippen molar-refractivity contribution in [2.24, 2.45) is 0 Å². The van der Waals surface area contributed by atoms with Crippen molar-refractivity contribution >= 4 is 31.9 Å². The van der Waals surface area contributed by atoms with Gasteiger partial charge in [-0.25, -0.2) is 15.0 Å². The van der Waals surface area contributed by atoms with Crippen molar-refractivity contribution < 1.29 is 0 Å². The zero-order valence-corrected chi connectivity index (χ0v) is 20.1. The summed E-state index contributed by atoms with van der Waals surface area (Å²) in [7, 11) is 0. The molecule has 0 saturated carbocycles. The second-order valence-electron chi connectivity index (χ2n) is 7.28. The lowest BCUT2D eigenvalue weighted by atomic mass is 10.0. The molecular formula is C27H17Br2N3. The maximum atomic E-state index is 4.83. The molecule has 4 aromatic carbocycles. The summed E-state index contributed by atoms with van der Waals surface area (Å²) in [5.74, 6) is 1.96. The molecule has 5 aromatic rings. The molecule has 0 aliphatic rings. The highest BCUT2D eigenvalue weighted by atomic mass is 79.9. The van der Waals surface area contributed by atoms with E-state index in [0.29, 0.717) is 17.5 Å². The van der Waals surface area contributed by atoms with E-state index in [1.165, 1.54) is 0 Å². The summed E-state index contributed by atoms with van der Waals surface area (Å²) >= 11 is 7.16. The molecule has 5 rings (SSSR count). The highest BCUT2D eigenvalue weighted by Gasteiger charge is 2.13. The van der Waals surface area contributed by atoms with Gasteiger partial charge in [0.25, 0.3) is 0 Å². The summed E-state index contributed by atoms with van der Waals surface area (Å²) in [6, 6.07) is 34.5. The number of aromatic nitrogens is 3. The van der Waals surface area contributed by atoms with Crippen LogP contribution >= 0.6 is 31.9 Å². The van der Waals surface area contributed by atoms with Crippen molar-refractivity contribution in [2.75, 3.05) is 0 Å². The fourth-order valence-electron chi connectivity index (χ4n) is 3.50. The summed E-state index contributed by atoms with van der Waals surface area (Å²) in [6.07, 6.45) is 0. The molecule has 0 aliphatic heterocycles. The Morgan fingerprint density at radius 1 is 0.375 bits per heavy atom. The maximum absolute atomic E-state index is 4.83. The van der Waals surface area contributed by atoms with Gasteiger partial charge in [0.15, 0.2) is 17.5 Å². The molecule has 1 heterocycles. The minimum atomic E-state index is 0.647. The molecule has 3 nitrogen and oxygen atoms in total. The van der Waals surface area contributed by atoms with Gasteiger partial charge in [0.05, 0.1) is 0 Å². The Morgan fingerprint density at radius 3 is 1.34 bits per heavy atom. The number of rotatable bonds is 4. The number of hydrogen-bond acceptors (Lipinski definition) is 3. The molecule has 0 spiro atoms. The van der Waals surface area contributed by atoms with Crippen molar-refractivity contribution in [1.82, 2.24) is 15.0 Å². The van der Waals surface area contributed by atoms with Gasteiger partial charge in [-0.3, -0.25) is 0 Å². The lowest BCUT2D eigenvalue weighted by Gasteiger charge is -2.10. The van der Waals surface area contributed by atoms with Crippen molar-refractivity contribution in [2.45, 2.75) is 0 Å². The molecule has 0 radical (unpaired) electrons. The number of hydrogen-bond donors (Lipinski definition) is 0. The Hall–Kier alpha value is -3.15. The van der Waals surface area contributed by atoms with E-state index in [4.69, 9.17) is 15.0 Å². The topological polar surface area (TPSA) is 38.7 Å². The number of benzene rings is 4. The maximum Gasteiger partial charge on any atom is 0.164 e. The summed E-state index contributed by atoms with van der Waals surface area (Å²) < 4.78 is 2.04. The van der Waals surface area contributed by atoms with E-state index in [1.54, 1.807) is 0 Å². The quantitative estimate of drug-likeness (QED) is 0.230. The fraction of sp³-hybridized carbons (Fsp3) is 0. The largest absolute Gasteiger partial charge is 0.208 e. The standard InChI is InChI=1S/C27H17Br2N3/c28-23-15-22(16-24(29)17-23)20-12-7-13-21(14-20)27-31-25(18-8-3-1-4-9-18)30-26(32-27)19-10-5-2-6-11-19/h1-17H. The summed E-state index contributed by atoms with van der Waals surface area (Å²) in [5, 5.41) is 0. The van der Waals surface area contributed by atoms with Crippen LogP contribution in [0, 0.1) is 0 Å². The Balaban J connectivity index is 1.66. The monoisotopic (exact) mass is 541 g/mol. The van der Waals surface area contributed by atoms with Crippen LogP contribution in [0.2, 0.25) is 0 Å². The van der Waals surface area contributed by atoms with E-state index >= 15 is 0 Å². The predicted octanol–water partition coefficient (Wildman–Crippen LogP) is 8.06. The average Bonchev–Trinajstić information content (AvgIpc) is 2.84. The van der Waals surface area contributed by atoms with E-state index in [2.05, 4.69) is 56.1 Å². The van der Waals surface area contributed by atoms with Gasteiger partial charge in [-0.1, -0.05) is 111 Å². The molecule has 0 N–H and O–H groups in total. The van der Waals surface area contributed by atoms with Crippen LogP contribution in [0.15, 0.2) is 112 Å². The van der Waals surface area contributed by atoms with Gasteiger partial charge in [0, 0.05) is 25.6 Å². The second kappa shape index (κ2) is 9.15. The van der Waals surface area contributed by atoms with Crippen LogP contribution in [0.1, 0.15) is 0 Å². The fourth-order valence-corrected chi connectivity index (χ4v) is 4.79. The van der Waals surface area contributed by atoms with E-state index in [1.807, 2.05) is 78.9 Å². The van der Waals surface area contributed by atoms with Crippen molar-refractivity contribution in [3.8, 4) is 45.3 Å². The summed E-state index contributed by atoms with van der Waals surface area (Å²) in [4.78, 5) is 14.4. The summed E-state index contributed by atoms with van der Waals surface area (Å²) in [5.41, 5.74) is 5.05. The van der Waals surface area contributed by atoms with Crippen molar-refractivity contribution in [1.29, 1.82) is 0 Å². The zero-order valence-electron chi connectivity index (χ0n) is 16.9. The molecule has 0 bridgehead atoms. The third-order valence-corrected chi connectivity index (χ3v) is 5.93. The van der Waals surface area contributed by atoms with Gasteiger partial charge in [0.2, 0.25) is 0 Å². The van der Waals surface area contributed by atoms with Gasteiger partial charge in [-0.05, 0) is 35.4 Å². The average molecular weight is 543 g/mol. The molecule has 0 amide bonds. The zero-order chi connectivity index (χ0) is 21.9. The molecule has 0 aliphatic carbocycles. The van der Waals surface area contributed by atoms with Crippen LogP contribution < -0.4 is 0 Å². The Kier molecular flexibility index (Phi) is 5.93. The van der Waals surface area contributed by atoms with Gasteiger partial charge in [0.1, 0.15) is 0 Å². The van der Waals surface area contributed by atoms with Crippen LogP contribution in [0.25, 0.3) is 45.3 Å². The molecule has 154 valence electrons. The van der Waals surface area contributed by atoms with Gasteiger partial charge in [-0.15, -0.1) is 0 Å². The molecule has 32 heavy (non-hydrogen) atoms. The minimum Gasteiger partial charge on any atom is -0.208 e. The first kappa shape index (κ1) is 20.7. The highest BCUT2D eigenvalue weighted by Crippen LogP contribution is 2.31. The van der Waals surface area contributed by atoms with Crippen molar-refractivity contribution in [3.05, 3.63) is 112 Å². The van der Waals surface area contributed by atoms with Crippen LogP contribution in [-0.4, -0.2) is 15.0 Å². The Bertz CT molecular complexity index is 1310. The first-order valence-corrected chi connectivity index (χ1v) is 11.7. The molecule has 0 fully saturated rings. The molecule has 5 heteroatoms. The first-order valence-electron chi connectivity index (χ1n) is 10.1. The lowest BCUT2D eigenvalue weighted by Crippen LogP contribution is -2.00. The first-order chi connectivity index (χ1) is 15.7. The van der Waals surface area contributed by atoms with E-state index in [0.717, 1.165) is 36.8 Å². The summed E-state index contributed by atoms with van der Waals surface area (Å²) in [6.45, 7) is 0. The minimum absolute atomic E-state index is 0.647. The van der Waals surface area contributed by atoms with Crippen LogP contribution in [0.3, 0.4) is 0 Å². The normalized spacial score (nSPS) is 10.8. The van der Waals surface area contributed by atoms with Gasteiger partial charge in [-0.2, -0.15) is 0 Å². The number of halogens is 2. The second-order valence-corrected chi connectivity index (χ2v) is 9.11. The lowest BCUT2D eigenvalue weighted by molar-refractivity contribution is 1.07. The van der Waals surface area contributed by atoms with Gasteiger partial charge >= 0.3 is 0 Å². The third-order valence-electron chi connectivity index (χ3n) is 5.02. The molecular weight excluding hydrogens is 526 g/mol. The highest BCUT2D eigenvalue weighted by molar-refractivity contribution is 9.11. The van der Waals surface area contributed by atoms with E-state index in [-0.39, 0.29) is 0 Å². The predicted molar refractivity (Wildman–Crippen MR) is 137 cm³/mol. The van der Waals surface area contributed by atoms with Crippen LogP contribution in [-0.2, 0) is 0 Å². The van der Waals surface area contributed by atoms with Gasteiger partial charge < -0.3 is 0 Å². The smallest absolute Gasteiger partial charge is 0.164 e. The molecule has 0 unspecified atom stereocenters. The molecule has 0 atom stereocenters. The molecule has 1 aromatic heterocycles.